The Morgan fingerprint density at radius 1 is 1.20 bits per heavy atom. The molecule has 3 rings (SSSR count). The number of anilines is 1. The van der Waals surface area contributed by atoms with E-state index < -0.39 is 24.5 Å². The molecule has 1 aromatic heterocycles. The van der Waals surface area contributed by atoms with Crippen molar-refractivity contribution in [2.45, 2.75) is 50.8 Å². The summed E-state index contributed by atoms with van der Waals surface area (Å²) >= 11 is 18.1. The van der Waals surface area contributed by atoms with Crippen molar-refractivity contribution in [2.24, 2.45) is 0 Å². The predicted molar refractivity (Wildman–Crippen MR) is 99.8 cm³/mol. The number of rotatable bonds is 3. The fraction of sp³-hybridized carbons (Fsp3) is 0.562. The molecule has 1 aromatic carbocycles. The van der Waals surface area contributed by atoms with Gasteiger partial charge in [0.15, 0.2) is 6.23 Å². The van der Waals surface area contributed by atoms with Gasteiger partial charge in [-0.15, -0.1) is 11.6 Å². The quantitative estimate of drug-likeness (QED) is 0.678. The molecule has 4 atom stereocenters. The van der Waals surface area contributed by atoms with E-state index in [4.69, 9.17) is 39.5 Å². The number of halogens is 3. The zero-order valence-corrected chi connectivity index (χ0v) is 16.3. The van der Waals surface area contributed by atoms with Crippen molar-refractivity contribution in [3.05, 3.63) is 22.2 Å². The van der Waals surface area contributed by atoms with E-state index >= 15 is 0 Å². The molecule has 138 valence electrons. The van der Waals surface area contributed by atoms with Gasteiger partial charge in [-0.05, 0) is 32.9 Å². The van der Waals surface area contributed by atoms with Crippen LogP contribution < -0.4 is 5.32 Å². The highest BCUT2D eigenvalue weighted by atomic mass is 35.5. The second-order valence-electron chi connectivity index (χ2n) is 7.14. The predicted octanol–water partition coefficient (Wildman–Crippen LogP) is 3.41. The Hall–Kier alpha value is -0.760. The summed E-state index contributed by atoms with van der Waals surface area (Å²) in [6.45, 7) is 5.96. The SMILES string of the molecule is CC(C)(C)Nc1nc2cc(Cl)c(Cl)cc2n1[C@H]1O[C@@H](CCl)[C@H](O)[C@@H]1O. The molecule has 25 heavy (non-hydrogen) atoms. The Morgan fingerprint density at radius 3 is 2.40 bits per heavy atom. The lowest BCUT2D eigenvalue weighted by Gasteiger charge is -2.25. The maximum absolute atomic E-state index is 10.5. The third kappa shape index (κ3) is 3.56. The molecule has 1 fully saturated rings. The zero-order valence-electron chi connectivity index (χ0n) is 14.0. The molecule has 0 aliphatic carbocycles. The number of aromatic nitrogens is 2. The van der Waals surface area contributed by atoms with Crippen LogP contribution in [0.5, 0.6) is 0 Å². The number of aliphatic hydroxyl groups excluding tert-OH is 2. The number of imidazole rings is 1. The van der Waals surface area contributed by atoms with E-state index in [1.807, 2.05) is 20.8 Å². The normalized spacial score (nSPS) is 27.2. The van der Waals surface area contributed by atoms with E-state index in [2.05, 4.69) is 10.3 Å². The number of aliphatic hydroxyl groups is 2. The smallest absolute Gasteiger partial charge is 0.206 e. The van der Waals surface area contributed by atoms with E-state index in [0.29, 0.717) is 27.0 Å². The highest BCUT2D eigenvalue weighted by Crippen LogP contribution is 2.38. The first kappa shape index (κ1) is 19.0. The molecule has 0 spiro atoms. The molecule has 6 nitrogen and oxygen atoms in total. The van der Waals surface area contributed by atoms with Gasteiger partial charge in [0.2, 0.25) is 5.95 Å². The summed E-state index contributed by atoms with van der Waals surface area (Å²) in [4.78, 5) is 4.56. The van der Waals surface area contributed by atoms with Crippen LogP contribution in [0.2, 0.25) is 10.0 Å². The Morgan fingerprint density at radius 2 is 1.84 bits per heavy atom. The highest BCUT2D eigenvalue weighted by Gasteiger charge is 2.44. The Kier molecular flexibility index (Phi) is 5.14. The van der Waals surface area contributed by atoms with Crippen LogP contribution in [0.4, 0.5) is 5.95 Å². The molecular weight excluding hydrogens is 389 g/mol. The first-order valence-corrected chi connectivity index (χ1v) is 9.14. The van der Waals surface area contributed by atoms with Gasteiger partial charge in [-0.2, -0.15) is 0 Å². The van der Waals surface area contributed by atoms with E-state index in [0.717, 1.165) is 0 Å². The van der Waals surface area contributed by atoms with Crippen LogP contribution in [0.3, 0.4) is 0 Å². The van der Waals surface area contributed by atoms with Gasteiger partial charge in [0.1, 0.15) is 18.3 Å². The summed E-state index contributed by atoms with van der Waals surface area (Å²) in [5.74, 6) is 0.544. The monoisotopic (exact) mass is 407 g/mol. The van der Waals surface area contributed by atoms with E-state index in [1.165, 1.54) is 0 Å². The van der Waals surface area contributed by atoms with Crippen LogP contribution >= 0.6 is 34.8 Å². The summed E-state index contributed by atoms with van der Waals surface area (Å²) in [5.41, 5.74) is 0.939. The van der Waals surface area contributed by atoms with Crippen LogP contribution in [-0.4, -0.2) is 49.5 Å². The van der Waals surface area contributed by atoms with Gasteiger partial charge in [-0.3, -0.25) is 4.57 Å². The molecule has 3 N–H and O–H groups in total. The summed E-state index contributed by atoms with van der Waals surface area (Å²) in [5, 5.41) is 24.7. The van der Waals surface area contributed by atoms with E-state index in [-0.39, 0.29) is 11.4 Å². The Labute approximate surface area is 160 Å². The highest BCUT2D eigenvalue weighted by molar-refractivity contribution is 6.42. The minimum absolute atomic E-state index is 0.0654. The van der Waals surface area contributed by atoms with Gasteiger partial charge >= 0.3 is 0 Å². The number of hydrogen-bond donors (Lipinski definition) is 3. The number of nitrogens with zero attached hydrogens (tertiary/aromatic N) is 2. The van der Waals surface area contributed by atoms with Crippen molar-refractivity contribution in [1.82, 2.24) is 9.55 Å². The molecule has 1 aliphatic rings. The number of fused-ring (bicyclic) bond motifs is 1. The van der Waals surface area contributed by atoms with Crippen molar-refractivity contribution in [3.8, 4) is 0 Å². The van der Waals surface area contributed by atoms with Crippen LogP contribution in [0.25, 0.3) is 11.0 Å². The fourth-order valence-corrected chi connectivity index (χ4v) is 3.41. The molecule has 1 aliphatic heterocycles. The van der Waals surface area contributed by atoms with Crippen molar-refractivity contribution >= 4 is 51.8 Å². The van der Waals surface area contributed by atoms with E-state index in [9.17, 15) is 10.2 Å². The lowest BCUT2D eigenvalue weighted by Crippen LogP contribution is -2.33. The second-order valence-corrected chi connectivity index (χ2v) is 8.26. The number of nitrogens with one attached hydrogen (secondary N) is 1. The van der Waals surface area contributed by atoms with Gasteiger partial charge in [-0.25, -0.2) is 4.98 Å². The number of alkyl halides is 1. The van der Waals surface area contributed by atoms with Gasteiger partial charge in [0.25, 0.3) is 0 Å². The summed E-state index contributed by atoms with van der Waals surface area (Å²) in [6.07, 6.45) is -3.78. The van der Waals surface area contributed by atoms with E-state index in [1.54, 1.807) is 16.7 Å². The van der Waals surface area contributed by atoms with Gasteiger partial charge in [0, 0.05) is 5.54 Å². The number of benzene rings is 1. The minimum Gasteiger partial charge on any atom is -0.387 e. The number of hydrogen-bond acceptors (Lipinski definition) is 5. The third-order valence-corrected chi connectivity index (χ3v) is 4.99. The zero-order chi connectivity index (χ0) is 18.5. The average molecular weight is 409 g/mol. The summed E-state index contributed by atoms with van der Waals surface area (Å²) in [7, 11) is 0. The van der Waals surface area contributed by atoms with Crippen LogP contribution in [0.1, 0.15) is 27.0 Å². The standard InChI is InChI=1S/C16H20Cl3N3O3/c1-16(2,3)21-15-20-9-4-7(18)8(19)5-10(9)22(15)14-13(24)12(23)11(6-17)25-14/h4-5,11-14,23-24H,6H2,1-3H3,(H,20,21)/t11-,12-,13-,14-/m0/s1. The van der Waals surface area contributed by atoms with Crippen LogP contribution in [0, 0.1) is 0 Å². The Balaban J connectivity index is 2.17. The lowest BCUT2D eigenvalue weighted by molar-refractivity contribution is -0.0277. The third-order valence-electron chi connectivity index (χ3n) is 3.96. The average Bonchev–Trinajstić information content (AvgIpc) is 2.96. The van der Waals surface area contributed by atoms with Gasteiger partial charge in [0.05, 0.1) is 27.0 Å². The number of ether oxygens (including phenoxy) is 1. The van der Waals surface area contributed by atoms with Crippen LogP contribution in [0.15, 0.2) is 12.1 Å². The van der Waals surface area contributed by atoms with Gasteiger partial charge < -0.3 is 20.3 Å². The molecule has 0 saturated carbocycles. The lowest BCUT2D eigenvalue weighted by atomic mass is 10.1. The maximum atomic E-state index is 10.5. The topological polar surface area (TPSA) is 79.5 Å². The van der Waals surface area contributed by atoms with Crippen molar-refractivity contribution < 1.29 is 14.9 Å². The van der Waals surface area contributed by atoms with Crippen LogP contribution in [-0.2, 0) is 4.74 Å². The fourth-order valence-electron chi connectivity index (χ4n) is 2.84. The maximum Gasteiger partial charge on any atom is 0.206 e. The minimum atomic E-state index is -1.16. The van der Waals surface area contributed by atoms with Crippen molar-refractivity contribution in [3.63, 3.8) is 0 Å². The van der Waals surface area contributed by atoms with Gasteiger partial charge in [-0.1, -0.05) is 23.2 Å². The first-order chi connectivity index (χ1) is 11.6. The molecule has 2 heterocycles. The molecule has 9 heteroatoms. The van der Waals surface area contributed by atoms with Crippen molar-refractivity contribution in [1.29, 1.82) is 0 Å². The second kappa shape index (κ2) is 6.76. The molecule has 0 amide bonds. The summed E-state index contributed by atoms with van der Waals surface area (Å²) in [6, 6.07) is 3.32. The Bertz CT molecular complexity index is 790. The molecule has 0 bridgehead atoms. The summed E-state index contributed by atoms with van der Waals surface area (Å²) < 4.78 is 7.47. The largest absolute Gasteiger partial charge is 0.387 e. The molecule has 1 saturated heterocycles. The molecule has 2 aromatic rings. The first-order valence-electron chi connectivity index (χ1n) is 7.85. The molecule has 0 unspecified atom stereocenters. The molecule has 0 radical (unpaired) electrons. The van der Waals surface area contributed by atoms with Crippen molar-refractivity contribution in [2.75, 3.05) is 11.2 Å². The molecular formula is C16H20Cl3N3O3.